The maximum atomic E-state index is 11.3. The van der Waals surface area contributed by atoms with E-state index in [9.17, 15) is 14.7 Å². The van der Waals surface area contributed by atoms with Gasteiger partial charge in [-0.3, -0.25) is 4.79 Å². The van der Waals surface area contributed by atoms with Crippen LogP contribution in [-0.4, -0.2) is 22.2 Å². The molecule has 0 amide bonds. The first-order valence-electron chi connectivity index (χ1n) is 9.95. The smallest absolute Gasteiger partial charge is 0.335 e. The van der Waals surface area contributed by atoms with Crippen LogP contribution in [0.3, 0.4) is 0 Å². The Hall–Kier alpha value is -4.10. The number of benzene rings is 3. The molecule has 7 heteroatoms. The van der Waals surface area contributed by atoms with Crippen molar-refractivity contribution in [2.45, 2.75) is 19.6 Å². The summed E-state index contributed by atoms with van der Waals surface area (Å²) in [5.74, 6) is -1.93. The van der Waals surface area contributed by atoms with E-state index in [0.717, 1.165) is 27.6 Å². The molecule has 0 radical (unpaired) electrons. The topological polar surface area (TPSA) is 123 Å². The van der Waals surface area contributed by atoms with Crippen molar-refractivity contribution >= 4 is 22.9 Å². The summed E-state index contributed by atoms with van der Waals surface area (Å²) < 4.78 is 11.5. The molecule has 0 saturated heterocycles. The summed E-state index contributed by atoms with van der Waals surface area (Å²) in [5, 5.41) is 19.3. The van der Waals surface area contributed by atoms with Crippen LogP contribution in [0.15, 0.2) is 71.3 Å². The van der Waals surface area contributed by atoms with Crippen molar-refractivity contribution in [1.29, 1.82) is 0 Å². The van der Waals surface area contributed by atoms with Gasteiger partial charge in [0.15, 0.2) is 0 Å². The first-order chi connectivity index (χ1) is 15.4. The number of nitrogens with two attached hydrogens (primary N) is 1. The summed E-state index contributed by atoms with van der Waals surface area (Å²) in [5.41, 5.74) is 10.7. The van der Waals surface area contributed by atoms with Gasteiger partial charge in [0.25, 0.3) is 0 Å². The van der Waals surface area contributed by atoms with Crippen LogP contribution >= 0.6 is 0 Å². The zero-order valence-electron chi connectivity index (χ0n) is 17.1. The monoisotopic (exact) mass is 431 g/mol. The SMILES string of the molecule is NCc1cccc(-c2ccc3occ(COc4cc(C(=O)O)ccc4CC(=O)O)c3c2)c1. The second-order valence-electron chi connectivity index (χ2n) is 7.36. The molecule has 3 aromatic carbocycles. The summed E-state index contributed by atoms with van der Waals surface area (Å²) in [6, 6.07) is 18.0. The molecule has 7 nitrogen and oxygen atoms in total. The summed E-state index contributed by atoms with van der Waals surface area (Å²) in [7, 11) is 0. The number of ether oxygens (including phenoxy) is 1. The van der Waals surface area contributed by atoms with Crippen molar-refractivity contribution in [2.75, 3.05) is 0 Å². The molecule has 0 aliphatic carbocycles. The van der Waals surface area contributed by atoms with E-state index in [1.54, 1.807) is 6.26 Å². The highest BCUT2D eigenvalue weighted by molar-refractivity contribution is 5.89. The van der Waals surface area contributed by atoms with Crippen LogP contribution in [0, 0.1) is 0 Å². The average Bonchev–Trinajstić information content (AvgIpc) is 3.20. The molecule has 0 unspecified atom stereocenters. The number of fused-ring (bicyclic) bond motifs is 1. The van der Waals surface area contributed by atoms with Crippen LogP contribution in [0.2, 0.25) is 0 Å². The van der Waals surface area contributed by atoms with Crippen molar-refractivity contribution in [2.24, 2.45) is 5.73 Å². The highest BCUT2D eigenvalue weighted by atomic mass is 16.5. The van der Waals surface area contributed by atoms with Gasteiger partial charge in [0.2, 0.25) is 0 Å². The molecular formula is C25H21NO6. The van der Waals surface area contributed by atoms with Gasteiger partial charge in [-0.2, -0.15) is 0 Å². The third-order valence-corrected chi connectivity index (χ3v) is 5.19. The molecule has 1 heterocycles. The van der Waals surface area contributed by atoms with Crippen LogP contribution in [0.1, 0.15) is 27.0 Å². The first-order valence-corrected chi connectivity index (χ1v) is 9.95. The summed E-state index contributed by atoms with van der Waals surface area (Å²) in [6.07, 6.45) is 1.31. The minimum absolute atomic E-state index is 0.0215. The highest BCUT2D eigenvalue weighted by Crippen LogP contribution is 2.30. The third kappa shape index (κ3) is 4.48. The van der Waals surface area contributed by atoms with Crippen molar-refractivity contribution in [3.8, 4) is 16.9 Å². The maximum Gasteiger partial charge on any atom is 0.335 e. The second-order valence-corrected chi connectivity index (χ2v) is 7.36. The van der Waals surface area contributed by atoms with Crippen LogP contribution < -0.4 is 10.5 Å². The molecule has 162 valence electrons. The Bertz CT molecular complexity index is 1310. The lowest BCUT2D eigenvalue weighted by atomic mass is 10.0. The fourth-order valence-electron chi connectivity index (χ4n) is 3.54. The van der Waals surface area contributed by atoms with Gasteiger partial charge in [0.05, 0.1) is 18.2 Å². The minimum Gasteiger partial charge on any atom is -0.488 e. The lowest BCUT2D eigenvalue weighted by Gasteiger charge is -2.11. The molecule has 1 aromatic heterocycles. The van der Waals surface area contributed by atoms with E-state index in [0.29, 0.717) is 17.7 Å². The minimum atomic E-state index is -1.12. The first kappa shape index (κ1) is 21.1. The molecule has 32 heavy (non-hydrogen) atoms. The normalized spacial score (nSPS) is 10.9. The van der Waals surface area contributed by atoms with Gasteiger partial charge in [-0.15, -0.1) is 0 Å². The Morgan fingerprint density at radius 2 is 1.75 bits per heavy atom. The molecule has 0 spiro atoms. The van der Waals surface area contributed by atoms with Gasteiger partial charge in [0.1, 0.15) is 17.9 Å². The Morgan fingerprint density at radius 1 is 0.938 bits per heavy atom. The number of hydrogen-bond acceptors (Lipinski definition) is 5. The quantitative estimate of drug-likeness (QED) is 0.376. The van der Waals surface area contributed by atoms with Crippen LogP contribution in [0.5, 0.6) is 5.75 Å². The number of carboxylic acids is 2. The number of aromatic carboxylic acids is 1. The van der Waals surface area contributed by atoms with Crippen LogP contribution in [0.25, 0.3) is 22.1 Å². The summed E-state index contributed by atoms with van der Waals surface area (Å²) >= 11 is 0. The second kappa shape index (κ2) is 8.95. The lowest BCUT2D eigenvalue weighted by Crippen LogP contribution is -2.06. The van der Waals surface area contributed by atoms with E-state index in [1.807, 2.05) is 42.5 Å². The number of rotatable bonds is 8. The van der Waals surface area contributed by atoms with E-state index in [4.69, 9.17) is 20.0 Å². The molecular weight excluding hydrogens is 410 g/mol. The predicted molar refractivity (Wildman–Crippen MR) is 119 cm³/mol. The molecule has 0 fully saturated rings. The summed E-state index contributed by atoms with van der Waals surface area (Å²) in [6.45, 7) is 0.546. The van der Waals surface area contributed by atoms with Gasteiger partial charge >= 0.3 is 11.9 Å². The van der Waals surface area contributed by atoms with Gasteiger partial charge in [-0.25, -0.2) is 4.79 Å². The molecule has 0 saturated carbocycles. The molecule has 0 atom stereocenters. The zero-order chi connectivity index (χ0) is 22.7. The van der Waals surface area contributed by atoms with Crippen molar-refractivity contribution in [3.05, 3.63) is 89.2 Å². The Labute approximate surface area is 183 Å². The fraction of sp³-hybridized carbons (Fsp3) is 0.120. The fourth-order valence-corrected chi connectivity index (χ4v) is 3.54. The number of carboxylic acid groups (broad SMARTS) is 2. The largest absolute Gasteiger partial charge is 0.488 e. The van der Waals surface area contributed by atoms with Gasteiger partial charge in [-0.05, 0) is 47.0 Å². The highest BCUT2D eigenvalue weighted by Gasteiger charge is 2.14. The van der Waals surface area contributed by atoms with E-state index in [2.05, 4.69) is 0 Å². The van der Waals surface area contributed by atoms with Crippen molar-refractivity contribution in [1.82, 2.24) is 0 Å². The Balaban J connectivity index is 1.64. The zero-order valence-corrected chi connectivity index (χ0v) is 17.1. The predicted octanol–water partition coefficient (Wildman–Crippen LogP) is 4.46. The van der Waals surface area contributed by atoms with Crippen LogP contribution in [-0.2, 0) is 24.4 Å². The van der Waals surface area contributed by atoms with Crippen LogP contribution in [0.4, 0.5) is 0 Å². The third-order valence-electron chi connectivity index (χ3n) is 5.19. The summed E-state index contributed by atoms with van der Waals surface area (Å²) in [4.78, 5) is 22.5. The van der Waals surface area contributed by atoms with Gasteiger partial charge in [-0.1, -0.05) is 30.3 Å². The number of aliphatic carboxylic acids is 1. The van der Waals surface area contributed by atoms with E-state index in [1.165, 1.54) is 18.2 Å². The lowest BCUT2D eigenvalue weighted by molar-refractivity contribution is -0.136. The number of hydrogen-bond donors (Lipinski definition) is 3. The standard InChI is InChI=1S/C25H21NO6/c26-12-15-2-1-3-16(8-15)17-6-7-22-21(9-17)20(13-31-22)14-32-23-10-19(25(29)30)5-4-18(23)11-24(27)28/h1-10,13H,11-12,14,26H2,(H,27,28)(H,29,30). The molecule has 0 bridgehead atoms. The number of furan rings is 1. The van der Waals surface area contributed by atoms with Crippen molar-refractivity contribution in [3.63, 3.8) is 0 Å². The Morgan fingerprint density at radius 3 is 2.50 bits per heavy atom. The molecule has 0 aliphatic rings. The molecule has 4 rings (SSSR count). The van der Waals surface area contributed by atoms with Gasteiger partial charge in [0, 0.05) is 23.1 Å². The van der Waals surface area contributed by atoms with Crippen molar-refractivity contribution < 1.29 is 29.0 Å². The molecule has 4 N–H and O–H groups in total. The van der Waals surface area contributed by atoms with E-state index < -0.39 is 11.9 Å². The maximum absolute atomic E-state index is 11.3. The Kier molecular flexibility index (Phi) is 5.91. The van der Waals surface area contributed by atoms with Gasteiger partial charge < -0.3 is 25.1 Å². The molecule has 4 aromatic rings. The molecule has 0 aliphatic heterocycles. The van der Waals surface area contributed by atoms with E-state index >= 15 is 0 Å². The van der Waals surface area contributed by atoms with E-state index in [-0.39, 0.29) is 24.3 Å². The number of carbonyl (C=O) groups is 2. The average molecular weight is 431 g/mol.